The number of benzene rings is 1. The summed E-state index contributed by atoms with van der Waals surface area (Å²) in [5.41, 5.74) is 0.392. The highest BCUT2D eigenvalue weighted by atomic mass is 35.5. The maximum atomic E-state index is 10.4. The van der Waals surface area contributed by atoms with Crippen LogP contribution in [-0.4, -0.2) is 18.2 Å². The van der Waals surface area contributed by atoms with Gasteiger partial charge in [0.05, 0.1) is 10.0 Å². The molecule has 0 bridgehead atoms. The van der Waals surface area contributed by atoms with Crippen LogP contribution in [0.2, 0.25) is 10.0 Å². The van der Waals surface area contributed by atoms with Crippen LogP contribution < -0.4 is 15.7 Å². The second kappa shape index (κ2) is 6.27. The van der Waals surface area contributed by atoms with E-state index in [0.717, 1.165) is 5.56 Å². The third-order valence-corrected chi connectivity index (χ3v) is 3.06. The number of carbonyl (C=O) groups excluding carboxylic acids is 1. The summed E-state index contributed by atoms with van der Waals surface area (Å²) < 4.78 is 0. The Kier molecular flexibility index (Phi) is 5.26. The van der Waals surface area contributed by atoms with Gasteiger partial charge in [-0.3, -0.25) is 0 Å². The second-order valence-electron chi connectivity index (χ2n) is 4.65. The van der Waals surface area contributed by atoms with Crippen LogP contribution in [0.25, 0.3) is 0 Å². The summed E-state index contributed by atoms with van der Waals surface area (Å²) in [6.45, 7) is 4.59. The monoisotopic (exact) mass is 289 g/mol. The Morgan fingerprint density at radius 2 is 2.00 bits per heavy atom. The van der Waals surface area contributed by atoms with Gasteiger partial charge in [-0.1, -0.05) is 29.3 Å². The van der Waals surface area contributed by atoms with Crippen LogP contribution in [0.15, 0.2) is 18.2 Å². The highest BCUT2D eigenvalue weighted by molar-refractivity contribution is 6.42. The number of carbonyl (C=O) groups is 1. The normalized spacial score (nSPS) is 11.3. The van der Waals surface area contributed by atoms with Crippen molar-refractivity contribution >= 4 is 29.3 Å². The van der Waals surface area contributed by atoms with Crippen molar-refractivity contribution in [2.45, 2.75) is 25.9 Å². The van der Waals surface area contributed by atoms with Gasteiger partial charge in [-0.2, -0.15) is 0 Å². The minimum absolute atomic E-state index is 0.473. The van der Waals surface area contributed by atoms with Crippen molar-refractivity contribution in [1.82, 2.24) is 10.6 Å². The SMILES string of the molecule is CC(C)(CNCc1ccc(Cl)c(Cl)c1)NC(=O)[O-]. The fourth-order valence-corrected chi connectivity index (χ4v) is 1.81. The van der Waals surface area contributed by atoms with Gasteiger partial charge in [-0.05, 0) is 31.5 Å². The molecule has 1 rings (SSSR count). The summed E-state index contributed by atoms with van der Waals surface area (Å²) in [4.78, 5) is 10.4. The van der Waals surface area contributed by atoms with Gasteiger partial charge in [-0.15, -0.1) is 0 Å². The van der Waals surface area contributed by atoms with Gasteiger partial charge in [0.25, 0.3) is 0 Å². The average molecular weight is 290 g/mol. The molecule has 0 fully saturated rings. The zero-order valence-electron chi connectivity index (χ0n) is 10.2. The summed E-state index contributed by atoms with van der Waals surface area (Å²) >= 11 is 11.7. The van der Waals surface area contributed by atoms with E-state index in [2.05, 4.69) is 10.6 Å². The van der Waals surface area contributed by atoms with Crippen molar-refractivity contribution in [2.75, 3.05) is 6.54 Å². The van der Waals surface area contributed by atoms with E-state index in [1.165, 1.54) is 0 Å². The summed E-state index contributed by atoms with van der Waals surface area (Å²) in [7, 11) is 0. The van der Waals surface area contributed by atoms with E-state index in [0.29, 0.717) is 23.1 Å². The molecule has 4 nitrogen and oxygen atoms in total. The lowest BCUT2D eigenvalue weighted by molar-refractivity contribution is -0.252. The van der Waals surface area contributed by atoms with E-state index in [1.54, 1.807) is 26.0 Å². The zero-order chi connectivity index (χ0) is 13.8. The maximum absolute atomic E-state index is 10.4. The van der Waals surface area contributed by atoms with Crippen molar-refractivity contribution in [3.8, 4) is 0 Å². The zero-order valence-corrected chi connectivity index (χ0v) is 11.7. The molecular formula is C12H15Cl2N2O2-. The fraction of sp³-hybridized carbons (Fsp3) is 0.417. The Morgan fingerprint density at radius 1 is 1.33 bits per heavy atom. The van der Waals surface area contributed by atoms with E-state index in [-0.39, 0.29) is 0 Å². The van der Waals surface area contributed by atoms with Crippen LogP contribution >= 0.6 is 23.2 Å². The van der Waals surface area contributed by atoms with Crippen LogP contribution in [0.5, 0.6) is 0 Å². The number of hydrogen-bond donors (Lipinski definition) is 2. The number of halogens is 2. The molecule has 0 spiro atoms. The molecule has 1 aromatic rings. The molecule has 0 heterocycles. The lowest BCUT2D eigenvalue weighted by Crippen LogP contribution is -2.54. The summed E-state index contributed by atoms with van der Waals surface area (Å²) in [5, 5.41) is 16.9. The van der Waals surface area contributed by atoms with E-state index < -0.39 is 11.6 Å². The predicted octanol–water partition coefficient (Wildman–Crippen LogP) is 1.79. The van der Waals surface area contributed by atoms with Crippen LogP contribution in [-0.2, 0) is 6.54 Å². The minimum atomic E-state index is -1.28. The first-order chi connectivity index (χ1) is 8.30. The highest BCUT2D eigenvalue weighted by Crippen LogP contribution is 2.22. The summed E-state index contributed by atoms with van der Waals surface area (Å²) in [6.07, 6.45) is -1.28. The van der Waals surface area contributed by atoms with Crippen molar-refractivity contribution in [3.05, 3.63) is 33.8 Å². The molecule has 1 amide bonds. The largest absolute Gasteiger partial charge is 0.530 e. The molecule has 0 aliphatic rings. The Labute approximate surface area is 116 Å². The molecule has 18 heavy (non-hydrogen) atoms. The van der Waals surface area contributed by atoms with Gasteiger partial charge in [0, 0.05) is 18.6 Å². The van der Waals surface area contributed by atoms with Gasteiger partial charge in [-0.25, -0.2) is 0 Å². The quantitative estimate of drug-likeness (QED) is 0.869. The van der Waals surface area contributed by atoms with Crippen LogP contribution in [0, 0.1) is 0 Å². The molecule has 0 aliphatic carbocycles. The van der Waals surface area contributed by atoms with Crippen molar-refractivity contribution < 1.29 is 9.90 Å². The molecule has 0 saturated heterocycles. The standard InChI is InChI=1S/C12H16Cl2N2O2/c1-12(2,16-11(17)18)7-15-6-8-3-4-9(13)10(14)5-8/h3-5,15-16H,6-7H2,1-2H3,(H,17,18)/p-1. The first-order valence-corrected chi connectivity index (χ1v) is 6.19. The van der Waals surface area contributed by atoms with Gasteiger partial charge >= 0.3 is 0 Å². The average Bonchev–Trinajstić information content (AvgIpc) is 2.21. The number of hydrogen-bond acceptors (Lipinski definition) is 3. The van der Waals surface area contributed by atoms with Crippen LogP contribution in [0.1, 0.15) is 19.4 Å². The predicted molar refractivity (Wildman–Crippen MR) is 70.8 cm³/mol. The minimum Gasteiger partial charge on any atom is -0.530 e. The fourth-order valence-electron chi connectivity index (χ4n) is 1.49. The van der Waals surface area contributed by atoms with Crippen molar-refractivity contribution in [1.29, 1.82) is 0 Å². The summed E-state index contributed by atoms with van der Waals surface area (Å²) in [6, 6.07) is 5.36. The second-order valence-corrected chi connectivity index (χ2v) is 5.46. The third kappa shape index (κ3) is 5.12. The topological polar surface area (TPSA) is 64.2 Å². The molecule has 0 atom stereocenters. The number of amides is 1. The number of rotatable bonds is 5. The number of nitrogens with one attached hydrogen (secondary N) is 2. The summed E-state index contributed by atoms with van der Waals surface area (Å²) in [5.74, 6) is 0. The van der Waals surface area contributed by atoms with Gasteiger partial charge in [0.1, 0.15) is 6.09 Å². The number of carboxylic acid groups (broad SMARTS) is 1. The molecule has 0 radical (unpaired) electrons. The van der Waals surface area contributed by atoms with E-state index >= 15 is 0 Å². The van der Waals surface area contributed by atoms with Crippen LogP contribution in [0.4, 0.5) is 4.79 Å². The van der Waals surface area contributed by atoms with Gasteiger partial charge in [0.2, 0.25) is 0 Å². The molecule has 100 valence electrons. The molecule has 2 N–H and O–H groups in total. The lowest BCUT2D eigenvalue weighted by atomic mass is 10.1. The third-order valence-electron chi connectivity index (χ3n) is 2.32. The molecule has 0 saturated carbocycles. The van der Waals surface area contributed by atoms with Gasteiger partial charge < -0.3 is 20.5 Å². The molecule has 0 aromatic heterocycles. The van der Waals surface area contributed by atoms with E-state index in [9.17, 15) is 9.90 Å². The maximum Gasteiger partial charge on any atom is 0.134 e. The van der Waals surface area contributed by atoms with Gasteiger partial charge in [0.15, 0.2) is 0 Å². The van der Waals surface area contributed by atoms with E-state index in [4.69, 9.17) is 23.2 Å². The van der Waals surface area contributed by atoms with Crippen molar-refractivity contribution in [2.24, 2.45) is 0 Å². The van der Waals surface area contributed by atoms with Crippen molar-refractivity contribution in [3.63, 3.8) is 0 Å². The molecular weight excluding hydrogens is 275 g/mol. The lowest BCUT2D eigenvalue weighted by Gasteiger charge is -2.28. The molecule has 6 heteroatoms. The molecule has 0 unspecified atom stereocenters. The first kappa shape index (κ1) is 15.1. The molecule has 1 aromatic carbocycles. The Morgan fingerprint density at radius 3 is 2.56 bits per heavy atom. The Balaban J connectivity index is 2.46. The van der Waals surface area contributed by atoms with Crippen LogP contribution in [0.3, 0.4) is 0 Å². The van der Waals surface area contributed by atoms with E-state index in [1.807, 2.05) is 6.07 Å². The molecule has 0 aliphatic heterocycles. The Bertz CT molecular complexity index is 436. The first-order valence-electron chi connectivity index (χ1n) is 5.44. The smallest absolute Gasteiger partial charge is 0.134 e. The highest BCUT2D eigenvalue weighted by Gasteiger charge is 2.16. The Hall–Kier alpha value is -0.970.